The molecular weight excluding hydrogens is 370 g/mol. The molecule has 0 atom stereocenters. The number of furan rings is 1. The van der Waals surface area contributed by atoms with Gasteiger partial charge >= 0.3 is 0 Å². The minimum Gasteiger partial charge on any atom is -0.457 e. The molecular formula is C22H17N3O4. The Balaban J connectivity index is 1.58. The summed E-state index contributed by atoms with van der Waals surface area (Å²) in [4.78, 5) is 36.1. The first-order valence-electron chi connectivity index (χ1n) is 8.86. The zero-order chi connectivity index (χ0) is 20.5. The molecule has 1 aliphatic heterocycles. The number of benzene rings is 2. The van der Waals surface area contributed by atoms with Crippen molar-refractivity contribution in [1.29, 1.82) is 0 Å². The molecule has 0 unspecified atom stereocenters. The first-order chi connectivity index (χ1) is 13.9. The molecule has 0 radical (unpaired) electrons. The predicted molar refractivity (Wildman–Crippen MR) is 107 cm³/mol. The van der Waals surface area contributed by atoms with E-state index in [1.165, 1.54) is 11.1 Å². The molecule has 0 saturated carbocycles. The van der Waals surface area contributed by atoms with Gasteiger partial charge in [0.15, 0.2) is 0 Å². The molecule has 29 heavy (non-hydrogen) atoms. The maximum Gasteiger partial charge on any atom is 0.282 e. The Kier molecular flexibility index (Phi) is 4.48. The van der Waals surface area contributed by atoms with Crippen LogP contribution in [0.5, 0.6) is 0 Å². The van der Waals surface area contributed by atoms with Crippen LogP contribution in [0.25, 0.3) is 17.4 Å². The summed E-state index contributed by atoms with van der Waals surface area (Å²) in [6.45, 7) is 1.94. The van der Waals surface area contributed by atoms with Crippen molar-refractivity contribution in [2.45, 2.75) is 6.92 Å². The molecule has 7 heteroatoms. The lowest BCUT2D eigenvalue weighted by molar-refractivity contribution is -0.117. The van der Waals surface area contributed by atoms with Crippen LogP contribution in [0.1, 0.15) is 21.7 Å². The van der Waals surface area contributed by atoms with Gasteiger partial charge in [0.2, 0.25) is 5.91 Å². The lowest BCUT2D eigenvalue weighted by atomic mass is 10.1. The highest BCUT2D eigenvalue weighted by atomic mass is 16.3. The Bertz CT molecular complexity index is 1140. The lowest BCUT2D eigenvalue weighted by Gasteiger charge is -2.14. The van der Waals surface area contributed by atoms with Gasteiger partial charge in [-0.3, -0.25) is 19.8 Å². The van der Waals surface area contributed by atoms with Gasteiger partial charge in [-0.1, -0.05) is 29.8 Å². The second-order valence-corrected chi connectivity index (χ2v) is 6.62. The van der Waals surface area contributed by atoms with Gasteiger partial charge in [0.25, 0.3) is 11.8 Å². The highest BCUT2D eigenvalue weighted by Gasteiger charge is 2.34. The van der Waals surface area contributed by atoms with Crippen LogP contribution in [0.4, 0.5) is 5.69 Å². The van der Waals surface area contributed by atoms with Gasteiger partial charge < -0.3 is 10.2 Å². The second-order valence-electron chi connectivity index (χ2n) is 6.62. The molecule has 3 N–H and O–H groups in total. The molecule has 0 bridgehead atoms. The molecule has 2 aromatic carbocycles. The van der Waals surface area contributed by atoms with Crippen molar-refractivity contribution in [3.05, 3.63) is 83.1 Å². The number of anilines is 1. The standard InChI is InChI=1S/C22H17N3O4/c1-13-2-8-16(9-3-13)25-22(28)18(21(27)24-25)12-17-10-11-19(29-17)14-4-6-15(7-5-14)20(23)26/h2-12H,1H3,(H2,23,26)(H,24,27)/b18-12-. The van der Waals surface area contributed by atoms with Crippen LogP contribution in [0.15, 0.2) is 70.7 Å². The van der Waals surface area contributed by atoms with Gasteiger partial charge in [0.1, 0.15) is 17.1 Å². The maximum absolute atomic E-state index is 12.7. The Hall–Kier alpha value is -4.13. The summed E-state index contributed by atoms with van der Waals surface area (Å²) in [5.41, 5.74) is 10.5. The van der Waals surface area contributed by atoms with Crippen molar-refractivity contribution in [1.82, 2.24) is 5.43 Å². The monoisotopic (exact) mass is 387 g/mol. The predicted octanol–water partition coefficient (Wildman–Crippen LogP) is 2.82. The summed E-state index contributed by atoms with van der Waals surface area (Å²) in [6.07, 6.45) is 1.41. The van der Waals surface area contributed by atoms with E-state index in [2.05, 4.69) is 5.43 Å². The Morgan fingerprint density at radius 3 is 2.34 bits per heavy atom. The summed E-state index contributed by atoms with van der Waals surface area (Å²) in [7, 11) is 0. The third-order valence-corrected chi connectivity index (χ3v) is 4.55. The van der Waals surface area contributed by atoms with Gasteiger partial charge in [-0.2, -0.15) is 0 Å². The van der Waals surface area contributed by atoms with E-state index in [-0.39, 0.29) is 5.57 Å². The van der Waals surface area contributed by atoms with Gasteiger partial charge in [0.05, 0.1) is 5.69 Å². The first-order valence-corrected chi connectivity index (χ1v) is 8.86. The van der Waals surface area contributed by atoms with Gasteiger partial charge in [-0.05, 0) is 49.4 Å². The molecule has 2 heterocycles. The topological polar surface area (TPSA) is 106 Å². The van der Waals surface area contributed by atoms with Crippen molar-refractivity contribution in [2.24, 2.45) is 5.73 Å². The number of nitrogens with one attached hydrogen (secondary N) is 1. The number of hydrogen-bond donors (Lipinski definition) is 2. The summed E-state index contributed by atoms with van der Waals surface area (Å²) < 4.78 is 5.74. The van der Waals surface area contributed by atoms with E-state index in [4.69, 9.17) is 10.2 Å². The number of nitrogens with two attached hydrogens (primary N) is 1. The fourth-order valence-corrected chi connectivity index (χ4v) is 2.96. The van der Waals surface area contributed by atoms with E-state index >= 15 is 0 Å². The molecule has 1 aliphatic rings. The fourth-order valence-electron chi connectivity index (χ4n) is 2.96. The third kappa shape index (κ3) is 3.53. The highest BCUT2D eigenvalue weighted by Crippen LogP contribution is 2.26. The SMILES string of the molecule is Cc1ccc(N2NC(=O)/C(=C/c3ccc(-c4ccc(C(N)=O)cc4)o3)C2=O)cc1. The van der Waals surface area contributed by atoms with Crippen LogP contribution in [0, 0.1) is 6.92 Å². The van der Waals surface area contributed by atoms with E-state index in [0.717, 1.165) is 11.1 Å². The number of primary amides is 1. The normalized spacial score (nSPS) is 15.1. The Labute approximate surface area is 166 Å². The average Bonchev–Trinajstić information content (AvgIpc) is 3.29. The van der Waals surface area contributed by atoms with Crippen molar-refractivity contribution >= 4 is 29.5 Å². The molecule has 1 saturated heterocycles. The number of amides is 3. The van der Waals surface area contributed by atoms with E-state index in [1.54, 1.807) is 48.5 Å². The summed E-state index contributed by atoms with van der Waals surface area (Å²) >= 11 is 0. The molecule has 7 nitrogen and oxygen atoms in total. The summed E-state index contributed by atoms with van der Waals surface area (Å²) in [5.74, 6) is -0.565. The molecule has 0 spiro atoms. The second kappa shape index (κ2) is 7.12. The molecule has 3 aromatic rings. The quantitative estimate of drug-likeness (QED) is 0.530. The number of carbonyl (C=O) groups is 3. The molecule has 1 fully saturated rings. The largest absolute Gasteiger partial charge is 0.457 e. The summed E-state index contributed by atoms with van der Waals surface area (Å²) in [5, 5.41) is 1.21. The first kappa shape index (κ1) is 18.2. The minimum atomic E-state index is -0.509. The van der Waals surface area contributed by atoms with Crippen molar-refractivity contribution in [3.63, 3.8) is 0 Å². The average molecular weight is 387 g/mol. The zero-order valence-electron chi connectivity index (χ0n) is 15.5. The fraction of sp³-hybridized carbons (Fsp3) is 0.0455. The van der Waals surface area contributed by atoms with E-state index in [1.807, 2.05) is 19.1 Å². The number of nitrogens with zero attached hydrogens (tertiary/aromatic N) is 1. The van der Waals surface area contributed by atoms with Crippen molar-refractivity contribution in [3.8, 4) is 11.3 Å². The molecule has 0 aliphatic carbocycles. The third-order valence-electron chi connectivity index (χ3n) is 4.55. The van der Waals surface area contributed by atoms with Crippen LogP contribution in [0.3, 0.4) is 0 Å². The molecule has 4 rings (SSSR count). The smallest absolute Gasteiger partial charge is 0.282 e. The van der Waals surface area contributed by atoms with Crippen LogP contribution in [-0.4, -0.2) is 17.7 Å². The minimum absolute atomic E-state index is 0.0180. The number of aryl methyl sites for hydroxylation is 1. The van der Waals surface area contributed by atoms with Crippen LogP contribution in [0.2, 0.25) is 0 Å². The summed E-state index contributed by atoms with van der Waals surface area (Å²) in [6, 6.07) is 17.3. The maximum atomic E-state index is 12.7. The highest BCUT2D eigenvalue weighted by molar-refractivity contribution is 6.31. The molecule has 3 amide bonds. The lowest BCUT2D eigenvalue weighted by Crippen LogP contribution is -2.35. The van der Waals surface area contributed by atoms with Crippen LogP contribution < -0.4 is 16.2 Å². The van der Waals surface area contributed by atoms with Gasteiger partial charge in [-0.15, -0.1) is 0 Å². The van der Waals surface area contributed by atoms with Gasteiger partial charge in [0, 0.05) is 11.1 Å². The van der Waals surface area contributed by atoms with Crippen LogP contribution in [-0.2, 0) is 9.59 Å². The number of hydrogen-bond acceptors (Lipinski definition) is 4. The number of carbonyl (C=O) groups excluding carboxylic acids is 3. The van der Waals surface area contributed by atoms with Crippen molar-refractivity contribution in [2.75, 3.05) is 5.01 Å². The van der Waals surface area contributed by atoms with E-state index < -0.39 is 17.7 Å². The van der Waals surface area contributed by atoms with E-state index in [9.17, 15) is 14.4 Å². The van der Waals surface area contributed by atoms with Gasteiger partial charge in [-0.25, -0.2) is 5.01 Å². The van der Waals surface area contributed by atoms with E-state index in [0.29, 0.717) is 22.8 Å². The zero-order valence-corrected chi connectivity index (χ0v) is 15.5. The number of rotatable bonds is 4. The Morgan fingerprint density at radius 1 is 1.00 bits per heavy atom. The van der Waals surface area contributed by atoms with Crippen LogP contribution >= 0.6 is 0 Å². The Morgan fingerprint density at radius 2 is 1.69 bits per heavy atom. The molecule has 1 aromatic heterocycles. The number of hydrazine groups is 1. The van der Waals surface area contributed by atoms with Crippen molar-refractivity contribution < 1.29 is 18.8 Å². The molecule has 144 valence electrons.